The monoisotopic (exact) mass is 312 g/mol. The van der Waals surface area contributed by atoms with Gasteiger partial charge >= 0.3 is 0 Å². The summed E-state index contributed by atoms with van der Waals surface area (Å²) >= 11 is 0. The predicted octanol–water partition coefficient (Wildman–Crippen LogP) is -0.457. The van der Waals surface area contributed by atoms with Crippen molar-refractivity contribution in [2.45, 2.75) is 44.0 Å². The third-order valence-electron chi connectivity index (χ3n) is 4.02. The van der Waals surface area contributed by atoms with E-state index in [1.807, 2.05) is 0 Å². The SMILES string of the molecule is C[C@@H](O)[C@H]1O[C@@H](n2cc(F)c3c(N)ncnc32)[C@](C)(O)[C@@H]1O. The van der Waals surface area contributed by atoms with E-state index in [4.69, 9.17) is 10.5 Å². The van der Waals surface area contributed by atoms with Crippen LogP contribution >= 0.6 is 0 Å². The zero-order valence-corrected chi connectivity index (χ0v) is 12.0. The van der Waals surface area contributed by atoms with Gasteiger partial charge in [0, 0.05) is 6.20 Å². The van der Waals surface area contributed by atoms with Gasteiger partial charge in [0.1, 0.15) is 30.0 Å². The maximum absolute atomic E-state index is 14.1. The van der Waals surface area contributed by atoms with Gasteiger partial charge in [-0.05, 0) is 13.8 Å². The molecular formula is C13H17FN4O4. The van der Waals surface area contributed by atoms with E-state index in [1.54, 1.807) is 0 Å². The summed E-state index contributed by atoms with van der Waals surface area (Å²) in [6.07, 6.45) is -2.27. The number of aliphatic hydroxyl groups is 3. The van der Waals surface area contributed by atoms with Gasteiger partial charge in [0.2, 0.25) is 0 Å². The maximum atomic E-state index is 14.1. The van der Waals surface area contributed by atoms with Crippen LogP contribution in [-0.2, 0) is 4.74 Å². The fourth-order valence-electron chi connectivity index (χ4n) is 2.81. The van der Waals surface area contributed by atoms with E-state index in [1.165, 1.54) is 24.7 Å². The number of fused-ring (bicyclic) bond motifs is 1. The lowest BCUT2D eigenvalue weighted by atomic mass is 9.94. The van der Waals surface area contributed by atoms with Gasteiger partial charge in [-0.15, -0.1) is 0 Å². The number of ether oxygens (including phenoxy) is 1. The minimum absolute atomic E-state index is 0.0110. The molecule has 3 rings (SSSR count). The molecule has 120 valence electrons. The smallest absolute Gasteiger partial charge is 0.167 e. The second-order valence-electron chi connectivity index (χ2n) is 5.71. The van der Waals surface area contributed by atoms with Gasteiger partial charge in [-0.2, -0.15) is 0 Å². The van der Waals surface area contributed by atoms with Crippen molar-refractivity contribution in [2.75, 3.05) is 5.73 Å². The van der Waals surface area contributed by atoms with Crippen LogP contribution in [0.25, 0.3) is 11.0 Å². The van der Waals surface area contributed by atoms with Gasteiger partial charge in [-0.3, -0.25) is 4.57 Å². The largest absolute Gasteiger partial charge is 0.391 e. The first-order chi connectivity index (χ1) is 10.2. The van der Waals surface area contributed by atoms with Crippen molar-refractivity contribution in [2.24, 2.45) is 0 Å². The molecule has 8 nitrogen and oxygen atoms in total. The number of aromatic nitrogens is 3. The van der Waals surface area contributed by atoms with E-state index in [0.717, 1.165) is 6.20 Å². The first-order valence-corrected chi connectivity index (χ1v) is 6.75. The quantitative estimate of drug-likeness (QED) is 0.591. The Kier molecular flexibility index (Phi) is 3.33. The molecule has 0 saturated carbocycles. The summed E-state index contributed by atoms with van der Waals surface area (Å²) in [7, 11) is 0. The summed E-state index contributed by atoms with van der Waals surface area (Å²) in [6, 6.07) is 0. The molecular weight excluding hydrogens is 295 g/mol. The van der Waals surface area contributed by atoms with E-state index in [-0.39, 0.29) is 16.9 Å². The van der Waals surface area contributed by atoms with Crippen LogP contribution in [0.3, 0.4) is 0 Å². The lowest BCUT2D eigenvalue weighted by Crippen LogP contribution is -2.45. The molecule has 0 unspecified atom stereocenters. The number of nitrogen functional groups attached to an aromatic ring is 1. The molecule has 22 heavy (non-hydrogen) atoms. The van der Waals surface area contributed by atoms with Crippen LogP contribution in [0, 0.1) is 5.82 Å². The summed E-state index contributed by atoms with van der Waals surface area (Å²) in [5, 5.41) is 30.4. The van der Waals surface area contributed by atoms with Gasteiger partial charge < -0.3 is 25.8 Å². The van der Waals surface area contributed by atoms with Gasteiger partial charge in [0.25, 0.3) is 0 Å². The molecule has 0 amide bonds. The Balaban J connectivity index is 2.14. The molecule has 1 aliphatic heterocycles. The summed E-state index contributed by atoms with van der Waals surface area (Å²) < 4.78 is 20.9. The molecule has 2 aromatic rings. The third-order valence-corrected chi connectivity index (χ3v) is 4.02. The fourth-order valence-corrected chi connectivity index (χ4v) is 2.81. The number of anilines is 1. The molecule has 1 fully saturated rings. The molecule has 0 bridgehead atoms. The average Bonchev–Trinajstić information content (AvgIpc) is 2.87. The van der Waals surface area contributed by atoms with Gasteiger partial charge in [-0.1, -0.05) is 0 Å². The first kappa shape index (κ1) is 15.1. The molecule has 2 aromatic heterocycles. The highest BCUT2D eigenvalue weighted by molar-refractivity contribution is 5.86. The van der Waals surface area contributed by atoms with E-state index in [2.05, 4.69) is 9.97 Å². The predicted molar refractivity (Wildman–Crippen MR) is 74.1 cm³/mol. The summed E-state index contributed by atoms with van der Waals surface area (Å²) in [5.74, 6) is -0.700. The second kappa shape index (κ2) is 4.85. The normalized spacial score (nSPS) is 33.5. The molecule has 1 aliphatic rings. The minimum Gasteiger partial charge on any atom is -0.391 e. The van der Waals surface area contributed by atoms with Crippen molar-refractivity contribution in [1.29, 1.82) is 0 Å². The summed E-state index contributed by atoms with van der Waals surface area (Å²) in [6.45, 7) is 2.78. The third kappa shape index (κ3) is 1.97. The molecule has 5 atom stereocenters. The lowest BCUT2D eigenvalue weighted by Gasteiger charge is -2.27. The van der Waals surface area contributed by atoms with Crippen molar-refractivity contribution in [3.05, 3.63) is 18.3 Å². The number of hydrogen-bond donors (Lipinski definition) is 4. The molecule has 0 spiro atoms. The molecule has 1 saturated heterocycles. The number of nitrogens with two attached hydrogens (primary N) is 1. The summed E-state index contributed by atoms with van der Waals surface area (Å²) in [5.41, 5.74) is 4.03. The average molecular weight is 312 g/mol. The zero-order valence-electron chi connectivity index (χ0n) is 12.0. The second-order valence-corrected chi connectivity index (χ2v) is 5.71. The van der Waals surface area contributed by atoms with Crippen molar-refractivity contribution in [3.63, 3.8) is 0 Å². The van der Waals surface area contributed by atoms with Gasteiger partial charge in [-0.25, -0.2) is 14.4 Å². The topological polar surface area (TPSA) is 127 Å². The Morgan fingerprint density at radius 3 is 2.77 bits per heavy atom. The van der Waals surface area contributed by atoms with E-state index >= 15 is 0 Å². The van der Waals surface area contributed by atoms with Crippen LogP contribution in [0.4, 0.5) is 10.2 Å². The van der Waals surface area contributed by atoms with Gasteiger partial charge in [0.05, 0.1) is 11.5 Å². The Hall–Kier alpha value is -1.81. The highest BCUT2D eigenvalue weighted by atomic mass is 19.1. The number of hydrogen-bond acceptors (Lipinski definition) is 7. The molecule has 0 aromatic carbocycles. The van der Waals surface area contributed by atoms with Crippen LogP contribution in [0.1, 0.15) is 20.1 Å². The van der Waals surface area contributed by atoms with Crippen LogP contribution in [-0.4, -0.2) is 53.8 Å². The molecule has 0 radical (unpaired) electrons. The Morgan fingerprint density at radius 2 is 2.18 bits per heavy atom. The van der Waals surface area contributed by atoms with E-state index in [0.29, 0.717) is 0 Å². The first-order valence-electron chi connectivity index (χ1n) is 6.75. The van der Waals surface area contributed by atoms with Crippen molar-refractivity contribution in [3.8, 4) is 0 Å². The molecule has 0 aliphatic carbocycles. The Labute approximate surface area is 125 Å². The number of halogens is 1. The van der Waals surface area contributed by atoms with Crippen LogP contribution in [0.2, 0.25) is 0 Å². The van der Waals surface area contributed by atoms with Crippen molar-refractivity contribution in [1.82, 2.24) is 14.5 Å². The lowest BCUT2D eigenvalue weighted by molar-refractivity contribution is -0.0986. The summed E-state index contributed by atoms with van der Waals surface area (Å²) in [4.78, 5) is 7.69. The molecule has 5 N–H and O–H groups in total. The Bertz CT molecular complexity index is 717. The maximum Gasteiger partial charge on any atom is 0.167 e. The molecule has 3 heterocycles. The highest BCUT2D eigenvalue weighted by Gasteiger charge is 2.54. The van der Waals surface area contributed by atoms with Crippen molar-refractivity contribution < 1.29 is 24.4 Å². The number of rotatable bonds is 2. The van der Waals surface area contributed by atoms with E-state index < -0.39 is 36.0 Å². The molecule has 9 heteroatoms. The zero-order chi connectivity index (χ0) is 16.2. The van der Waals surface area contributed by atoms with Gasteiger partial charge in [0.15, 0.2) is 17.7 Å². The van der Waals surface area contributed by atoms with E-state index in [9.17, 15) is 19.7 Å². The van der Waals surface area contributed by atoms with Crippen LogP contribution in [0.15, 0.2) is 12.5 Å². The van der Waals surface area contributed by atoms with Crippen molar-refractivity contribution >= 4 is 16.9 Å². The van der Waals surface area contributed by atoms with Crippen LogP contribution in [0.5, 0.6) is 0 Å². The standard InChI is InChI=1S/C13H17FN4O4/c1-5(19)8-9(20)13(2,21)12(22-8)18-3-6(14)7-10(15)16-4-17-11(7)18/h3-5,8-9,12,19-21H,1-2H3,(H2,15,16,17)/t5-,8-,9-,12-,13-/m1/s1. The number of nitrogens with zero attached hydrogens (tertiary/aromatic N) is 3. The Morgan fingerprint density at radius 1 is 1.50 bits per heavy atom. The fraction of sp³-hybridized carbons (Fsp3) is 0.538. The highest BCUT2D eigenvalue weighted by Crippen LogP contribution is 2.41. The minimum atomic E-state index is -1.75. The number of aliphatic hydroxyl groups excluding tert-OH is 2. The van der Waals surface area contributed by atoms with Crippen LogP contribution < -0.4 is 5.73 Å².